The normalized spacial score (nSPS) is 56.5. The van der Waals surface area contributed by atoms with E-state index in [4.69, 9.17) is 0 Å². The maximum Gasteiger partial charge on any atom is 0.133 e. The van der Waals surface area contributed by atoms with Crippen molar-refractivity contribution in [2.45, 2.75) is 71.3 Å². The van der Waals surface area contributed by atoms with Gasteiger partial charge in [0.2, 0.25) is 0 Å². The monoisotopic (exact) mass is 290 g/mol. The summed E-state index contributed by atoms with van der Waals surface area (Å²) < 4.78 is 0. The summed E-state index contributed by atoms with van der Waals surface area (Å²) >= 11 is 0. The van der Waals surface area contributed by atoms with Gasteiger partial charge in [0.1, 0.15) is 5.78 Å². The Morgan fingerprint density at radius 2 is 1.90 bits per heavy atom. The summed E-state index contributed by atoms with van der Waals surface area (Å²) in [5, 5.41) is 10.4. The first-order chi connectivity index (χ1) is 10.0. The van der Waals surface area contributed by atoms with Crippen molar-refractivity contribution in [1.82, 2.24) is 0 Å². The summed E-state index contributed by atoms with van der Waals surface area (Å²) in [5.74, 6) is 4.80. The van der Waals surface area contributed by atoms with Crippen molar-refractivity contribution in [3.05, 3.63) is 0 Å². The molecule has 1 N–H and O–H groups in total. The van der Waals surface area contributed by atoms with Gasteiger partial charge in [-0.25, -0.2) is 0 Å². The quantitative estimate of drug-likeness (QED) is 0.736. The lowest BCUT2D eigenvalue weighted by Gasteiger charge is -2.59. The van der Waals surface area contributed by atoms with Crippen LogP contribution >= 0.6 is 0 Å². The van der Waals surface area contributed by atoms with E-state index in [1.165, 1.54) is 25.7 Å². The lowest BCUT2D eigenvalue weighted by atomic mass is 9.46. The van der Waals surface area contributed by atoms with Gasteiger partial charge in [-0.15, -0.1) is 0 Å². The van der Waals surface area contributed by atoms with E-state index < -0.39 is 0 Å². The Bertz CT molecular complexity index is 445. The third-order valence-corrected chi connectivity index (χ3v) is 8.13. The van der Waals surface area contributed by atoms with Crippen LogP contribution in [0.5, 0.6) is 0 Å². The Kier molecular flexibility index (Phi) is 3.26. The van der Waals surface area contributed by atoms with E-state index in [-0.39, 0.29) is 6.10 Å². The fourth-order valence-electron chi connectivity index (χ4n) is 7.08. The summed E-state index contributed by atoms with van der Waals surface area (Å²) in [4.78, 5) is 11.9. The third kappa shape index (κ3) is 1.97. The first-order valence-electron chi connectivity index (χ1n) is 9.20. The number of ketones is 1. The lowest BCUT2D eigenvalue weighted by molar-refractivity contribution is -0.139. The van der Waals surface area contributed by atoms with Gasteiger partial charge in [-0.3, -0.25) is 4.79 Å². The predicted octanol–water partition coefficient (Wildman–Crippen LogP) is 3.82. The van der Waals surface area contributed by atoms with Gasteiger partial charge in [0, 0.05) is 12.8 Å². The number of hydrogen-bond donors (Lipinski definition) is 1. The molecule has 4 aliphatic rings. The highest BCUT2D eigenvalue weighted by Crippen LogP contribution is 2.63. The van der Waals surface area contributed by atoms with Crippen LogP contribution in [0.4, 0.5) is 0 Å². The van der Waals surface area contributed by atoms with E-state index in [2.05, 4.69) is 13.8 Å². The molecule has 0 radical (unpaired) electrons. The lowest BCUT2D eigenvalue weighted by Crippen LogP contribution is -2.53. The minimum atomic E-state index is -0.0376. The molecule has 1 unspecified atom stereocenters. The third-order valence-electron chi connectivity index (χ3n) is 8.13. The van der Waals surface area contributed by atoms with Crippen LogP contribution in [0.15, 0.2) is 0 Å². The van der Waals surface area contributed by atoms with E-state index in [0.717, 1.165) is 43.4 Å². The molecule has 2 nitrogen and oxygen atoms in total. The van der Waals surface area contributed by atoms with Gasteiger partial charge in [-0.1, -0.05) is 13.8 Å². The average molecular weight is 290 g/mol. The van der Waals surface area contributed by atoms with Gasteiger partial charge in [0.25, 0.3) is 0 Å². The van der Waals surface area contributed by atoms with E-state index in [1.807, 2.05) is 0 Å². The number of Topliss-reactive ketones (excluding diaryl/α,β-unsaturated/α-hetero) is 1. The topological polar surface area (TPSA) is 37.3 Å². The standard InChI is InChI=1S/C19H30O2/c1-11-9-16-14(15-5-6-17(21)18(11)15)4-3-12-10-13(20)7-8-19(12,16)2/h11-12,14-18,21H,3-10H2,1-2H3/t11-,12+,14+,15+,16+,17+,18?,19+/m1/s1. The highest BCUT2D eigenvalue weighted by atomic mass is 16.3. The summed E-state index contributed by atoms with van der Waals surface area (Å²) in [6, 6.07) is 0. The van der Waals surface area contributed by atoms with Gasteiger partial charge in [-0.05, 0) is 79.4 Å². The number of carbonyl (C=O) groups is 1. The Morgan fingerprint density at radius 1 is 1.14 bits per heavy atom. The van der Waals surface area contributed by atoms with Crippen molar-refractivity contribution in [2.24, 2.45) is 40.9 Å². The molecule has 0 heterocycles. The number of carbonyl (C=O) groups excluding carboxylic acids is 1. The van der Waals surface area contributed by atoms with E-state index in [1.54, 1.807) is 0 Å². The Balaban J connectivity index is 1.64. The first-order valence-corrected chi connectivity index (χ1v) is 9.20. The maximum atomic E-state index is 11.9. The summed E-state index contributed by atoms with van der Waals surface area (Å²) in [6.07, 6.45) is 8.92. The molecule has 0 aromatic carbocycles. The smallest absolute Gasteiger partial charge is 0.133 e. The molecule has 0 bridgehead atoms. The van der Waals surface area contributed by atoms with Gasteiger partial charge < -0.3 is 5.11 Å². The van der Waals surface area contributed by atoms with E-state index in [9.17, 15) is 9.90 Å². The van der Waals surface area contributed by atoms with E-state index >= 15 is 0 Å². The van der Waals surface area contributed by atoms with Gasteiger partial charge >= 0.3 is 0 Å². The zero-order valence-electron chi connectivity index (χ0n) is 13.6. The second-order valence-corrected chi connectivity index (χ2v) is 8.89. The van der Waals surface area contributed by atoms with Crippen molar-refractivity contribution in [3.8, 4) is 0 Å². The number of fused-ring (bicyclic) bond motifs is 5. The number of aliphatic hydroxyl groups excluding tert-OH is 1. The zero-order chi connectivity index (χ0) is 14.8. The number of rotatable bonds is 0. The second kappa shape index (κ2) is 4.81. The van der Waals surface area contributed by atoms with Gasteiger partial charge in [-0.2, -0.15) is 0 Å². The van der Waals surface area contributed by atoms with Crippen molar-refractivity contribution in [1.29, 1.82) is 0 Å². The van der Waals surface area contributed by atoms with Crippen LogP contribution in [0.25, 0.3) is 0 Å². The van der Waals surface area contributed by atoms with E-state index in [0.29, 0.717) is 29.0 Å². The number of aliphatic hydroxyl groups is 1. The highest BCUT2D eigenvalue weighted by molar-refractivity contribution is 5.79. The van der Waals surface area contributed by atoms with Crippen LogP contribution in [0.2, 0.25) is 0 Å². The molecular weight excluding hydrogens is 260 g/mol. The molecule has 21 heavy (non-hydrogen) atoms. The molecule has 2 heteroatoms. The molecule has 0 saturated heterocycles. The molecule has 118 valence electrons. The fraction of sp³-hybridized carbons (Fsp3) is 0.947. The molecule has 0 aromatic rings. The maximum absolute atomic E-state index is 11.9. The minimum absolute atomic E-state index is 0.0376. The molecule has 8 atom stereocenters. The van der Waals surface area contributed by atoms with Crippen LogP contribution in [0.3, 0.4) is 0 Å². The molecule has 4 aliphatic carbocycles. The summed E-state index contributed by atoms with van der Waals surface area (Å²) in [6.45, 7) is 4.88. The summed E-state index contributed by atoms with van der Waals surface area (Å²) in [5.41, 5.74) is 0.406. The largest absolute Gasteiger partial charge is 0.393 e. The molecule has 4 saturated carbocycles. The van der Waals surface area contributed by atoms with Crippen LogP contribution in [0.1, 0.15) is 65.2 Å². The van der Waals surface area contributed by atoms with Crippen LogP contribution in [-0.2, 0) is 4.79 Å². The van der Waals surface area contributed by atoms with Crippen LogP contribution in [-0.4, -0.2) is 17.0 Å². The molecule has 0 aromatic heterocycles. The molecule has 0 spiro atoms. The van der Waals surface area contributed by atoms with Gasteiger partial charge in [0.05, 0.1) is 6.10 Å². The number of hydrogen-bond acceptors (Lipinski definition) is 2. The highest BCUT2D eigenvalue weighted by Gasteiger charge is 2.57. The first kappa shape index (κ1) is 14.2. The molecule has 4 fully saturated rings. The van der Waals surface area contributed by atoms with Gasteiger partial charge in [0.15, 0.2) is 0 Å². The zero-order valence-corrected chi connectivity index (χ0v) is 13.6. The SMILES string of the molecule is C[C@@H]1C[C@H]2[C@@H](CC[C@H]3CC(=O)CC[C@@]32C)[C@@H]2CC[C@H](O)C12. The Hall–Kier alpha value is -0.370. The van der Waals surface area contributed by atoms with Crippen molar-refractivity contribution >= 4 is 5.78 Å². The van der Waals surface area contributed by atoms with Crippen LogP contribution < -0.4 is 0 Å². The molecular formula is C19H30O2. The van der Waals surface area contributed by atoms with Crippen molar-refractivity contribution < 1.29 is 9.90 Å². The minimum Gasteiger partial charge on any atom is -0.393 e. The molecule has 0 amide bonds. The Labute approximate surface area is 128 Å². The van der Waals surface area contributed by atoms with Crippen molar-refractivity contribution in [3.63, 3.8) is 0 Å². The molecule has 4 rings (SSSR count). The predicted molar refractivity (Wildman–Crippen MR) is 82.7 cm³/mol. The summed E-state index contributed by atoms with van der Waals surface area (Å²) in [7, 11) is 0. The second-order valence-electron chi connectivity index (χ2n) is 8.89. The Morgan fingerprint density at radius 3 is 2.71 bits per heavy atom. The average Bonchev–Trinajstić information content (AvgIpc) is 2.84. The molecule has 0 aliphatic heterocycles. The van der Waals surface area contributed by atoms with Crippen molar-refractivity contribution in [2.75, 3.05) is 0 Å². The fourth-order valence-corrected chi connectivity index (χ4v) is 7.08. The van der Waals surface area contributed by atoms with Crippen LogP contribution in [0, 0.1) is 40.9 Å².